The molecule has 0 aliphatic carbocycles. The number of hydrogen-bond donors (Lipinski definition) is 2. The summed E-state index contributed by atoms with van der Waals surface area (Å²) in [5.74, 6) is -0.399. The first kappa shape index (κ1) is 14.4. The van der Waals surface area contributed by atoms with Crippen LogP contribution in [0.2, 0.25) is 0 Å². The maximum absolute atomic E-state index is 11.6. The molecule has 90 valence electrons. The smallest absolute Gasteiger partial charge is 0.251 e. The Morgan fingerprint density at radius 1 is 1.19 bits per heavy atom. The molecule has 0 aliphatic rings. The molecule has 2 amide bonds. The first-order valence-electron chi connectivity index (χ1n) is 5.53. The standard InChI is InChI=1S/C12H20N2O2/c1-4-7-8-10(5-2)12(16)14-9-11(15)13-6-3/h5,7-8H,4,6,9H2,1-3H3,(H,13,15)(H,14,16)/b8-7-,10-5+. The van der Waals surface area contributed by atoms with Crippen LogP contribution in [0.1, 0.15) is 27.2 Å². The molecule has 0 spiro atoms. The summed E-state index contributed by atoms with van der Waals surface area (Å²) in [4.78, 5) is 22.7. The monoisotopic (exact) mass is 224 g/mol. The SMILES string of the molecule is C/C=C(\C=C/CC)C(=O)NCC(=O)NCC. The van der Waals surface area contributed by atoms with Crippen molar-refractivity contribution in [3.8, 4) is 0 Å². The number of amides is 2. The highest BCUT2D eigenvalue weighted by Crippen LogP contribution is 1.97. The fourth-order valence-corrected chi connectivity index (χ4v) is 1.07. The number of carbonyl (C=O) groups is 2. The van der Waals surface area contributed by atoms with E-state index < -0.39 is 0 Å². The van der Waals surface area contributed by atoms with E-state index in [0.717, 1.165) is 6.42 Å². The number of nitrogens with one attached hydrogen (secondary N) is 2. The zero-order valence-corrected chi connectivity index (χ0v) is 10.2. The van der Waals surface area contributed by atoms with Gasteiger partial charge in [0.1, 0.15) is 0 Å². The first-order valence-corrected chi connectivity index (χ1v) is 5.53. The van der Waals surface area contributed by atoms with Crippen LogP contribution in [0.3, 0.4) is 0 Å². The van der Waals surface area contributed by atoms with Crippen LogP contribution in [0.4, 0.5) is 0 Å². The lowest BCUT2D eigenvalue weighted by molar-refractivity contribution is -0.124. The Labute approximate surface area is 96.8 Å². The Morgan fingerprint density at radius 3 is 2.38 bits per heavy atom. The van der Waals surface area contributed by atoms with Crippen molar-refractivity contribution in [1.82, 2.24) is 10.6 Å². The number of hydrogen-bond acceptors (Lipinski definition) is 2. The second-order valence-electron chi connectivity index (χ2n) is 3.19. The maximum Gasteiger partial charge on any atom is 0.251 e. The highest BCUT2D eigenvalue weighted by atomic mass is 16.2. The molecule has 0 aromatic rings. The summed E-state index contributed by atoms with van der Waals surface area (Å²) >= 11 is 0. The Bertz CT molecular complexity index is 293. The van der Waals surface area contributed by atoms with Gasteiger partial charge in [-0.2, -0.15) is 0 Å². The third kappa shape index (κ3) is 6.01. The highest BCUT2D eigenvalue weighted by molar-refractivity contribution is 5.98. The molecule has 0 radical (unpaired) electrons. The predicted molar refractivity (Wildman–Crippen MR) is 64.9 cm³/mol. The molecule has 0 unspecified atom stereocenters. The normalized spacial score (nSPS) is 11.6. The molecule has 0 bridgehead atoms. The van der Waals surface area contributed by atoms with Gasteiger partial charge in [-0.25, -0.2) is 0 Å². The zero-order chi connectivity index (χ0) is 12.4. The van der Waals surface area contributed by atoms with Crippen LogP contribution in [0, 0.1) is 0 Å². The van der Waals surface area contributed by atoms with Crippen molar-refractivity contribution in [2.24, 2.45) is 0 Å². The Balaban J connectivity index is 4.13. The van der Waals surface area contributed by atoms with E-state index in [4.69, 9.17) is 0 Å². The Kier molecular flexibility index (Phi) is 7.85. The van der Waals surface area contributed by atoms with Crippen molar-refractivity contribution >= 4 is 11.8 Å². The van der Waals surface area contributed by atoms with Gasteiger partial charge in [0.05, 0.1) is 6.54 Å². The van der Waals surface area contributed by atoms with Crippen molar-refractivity contribution in [2.45, 2.75) is 27.2 Å². The van der Waals surface area contributed by atoms with Gasteiger partial charge in [0.25, 0.3) is 5.91 Å². The minimum absolute atomic E-state index is 0.0178. The van der Waals surface area contributed by atoms with E-state index in [1.54, 1.807) is 19.1 Å². The first-order chi connectivity index (χ1) is 7.65. The van der Waals surface area contributed by atoms with Gasteiger partial charge in [0.15, 0.2) is 0 Å². The topological polar surface area (TPSA) is 58.2 Å². The number of likely N-dealkylation sites (N-methyl/N-ethyl adjacent to an activating group) is 1. The zero-order valence-electron chi connectivity index (χ0n) is 10.2. The summed E-state index contributed by atoms with van der Waals surface area (Å²) in [5, 5.41) is 5.17. The van der Waals surface area contributed by atoms with Crippen LogP contribution >= 0.6 is 0 Å². The molecule has 0 fully saturated rings. The van der Waals surface area contributed by atoms with Crippen molar-refractivity contribution in [3.05, 3.63) is 23.8 Å². The summed E-state index contributed by atoms with van der Waals surface area (Å²) in [6, 6.07) is 0. The third-order valence-corrected chi connectivity index (χ3v) is 1.89. The fourth-order valence-electron chi connectivity index (χ4n) is 1.07. The summed E-state index contributed by atoms with van der Waals surface area (Å²) in [6.07, 6.45) is 6.26. The average molecular weight is 224 g/mol. The van der Waals surface area contributed by atoms with E-state index in [2.05, 4.69) is 10.6 Å². The maximum atomic E-state index is 11.6. The molecule has 0 saturated heterocycles. The second kappa shape index (κ2) is 8.71. The molecule has 0 atom stereocenters. The number of carbonyl (C=O) groups excluding carboxylic acids is 2. The average Bonchev–Trinajstić information content (AvgIpc) is 2.28. The molecule has 0 saturated carbocycles. The van der Waals surface area contributed by atoms with Crippen molar-refractivity contribution in [1.29, 1.82) is 0 Å². The highest BCUT2D eigenvalue weighted by Gasteiger charge is 2.06. The van der Waals surface area contributed by atoms with Crippen LogP contribution in [-0.2, 0) is 9.59 Å². The molecule has 0 aliphatic heterocycles. The third-order valence-electron chi connectivity index (χ3n) is 1.89. The molecule has 0 heterocycles. The molecule has 0 rings (SSSR count). The molecule has 16 heavy (non-hydrogen) atoms. The van der Waals surface area contributed by atoms with Gasteiger partial charge in [0, 0.05) is 12.1 Å². The van der Waals surface area contributed by atoms with Gasteiger partial charge >= 0.3 is 0 Å². The summed E-state index contributed by atoms with van der Waals surface area (Å²) in [5.41, 5.74) is 0.575. The molecule has 0 aromatic heterocycles. The minimum atomic E-state index is -0.224. The van der Waals surface area contributed by atoms with Gasteiger partial charge in [-0.05, 0) is 20.3 Å². The number of rotatable bonds is 6. The molecule has 4 nitrogen and oxygen atoms in total. The van der Waals surface area contributed by atoms with Crippen molar-refractivity contribution in [2.75, 3.05) is 13.1 Å². The summed E-state index contributed by atoms with van der Waals surface area (Å²) < 4.78 is 0. The molecule has 4 heteroatoms. The van der Waals surface area contributed by atoms with Gasteiger partial charge in [-0.3, -0.25) is 9.59 Å². The van der Waals surface area contributed by atoms with Gasteiger partial charge < -0.3 is 10.6 Å². The molecular weight excluding hydrogens is 204 g/mol. The van der Waals surface area contributed by atoms with Crippen LogP contribution in [0.15, 0.2) is 23.8 Å². The van der Waals surface area contributed by atoms with Crippen molar-refractivity contribution in [3.63, 3.8) is 0 Å². The molecular formula is C12H20N2O2. The van der Waals surface area contributed by atoms with E-state index in [1.165, 1.54) is 0 Å². The number of allylic oxidation sites excluding steroid dienone is 2. The van der Waals surface area contributed by atoms with E-state index in [1.807, 2.05) is 19.9 Å². The van der Waals surface area contributed by atoms with E-state index in [0.29, 0.717) is 12.1 Å². The lowest BCUT2D eigenvalue weighted by atomic mass is 10.2. The summed E-state index contributed by atoms with van der Waals surface area (Å²) in [7, 11) is 0. The van der Waals surface area contributed by atoms with Gasteiger partial charge in [-0.15, -0.1) is 0 Å². The quantitative estimate of drug-likeness (QED) is 0.525. The largest absolute Gasteiger partial charge is 0.355 e. The second-order valence-corrected chi connectivity index (χ2v) is 3.19. The lowest BCUT2D eigenvalue weighted by Crippen LogP contribution is -2.37. The predicted octanol–water partition coefficient (Wildman–Crippen LogP) is 1.15. The van der Waals surface area contributed by atoms with E-state index in [-0.39, 0.29) is 18.4 Å². The van der Waals surface area contributed by atoms with Crippen LogP contribution < -0.4 is 10.6 Å². The van der Waals surface area contributed by atoms with Gasteiger partial charge in [0.2, 0.25) is 5.91 Å². The minimum Gasteiger partial charge on any atom is -0.355 e. The molecule has 0 aromatic carbocycles. The molecule has 2 N–H and O–H groups in total. The Morgan fingerprint density at radius 2 is 1.88 bits per heavy atom. The van der Waals surface area contributed by atoms with Crippen LogP contribution in [-0.4, -0.2) is 24.9 Å². The Hall–Kier alpha value is -1.58. The van der Waals surface area contributed by atoms with E-state index >= 15 is 0 Å². The van der Waals surface area contributed by atoms with Crippen LogP contribution in [0.5, 0.6) is 0 Å². The summed E-state index contributed by atoms with van der Waals surface area (Å²) in [6.45, 7) is 6.21. The lowest BCUT2D eigenvalue weighted by Gasteiger charge is -2.05. The van der Waals surface area contributed by atoms with Gasteiger partial charge in [-0.1, -0.05) is 25.2 Å². The van der Waals surface area contributed by atoms with Crippen LogP contribution in [0.25, 0.3) is 0 Å². The fraction of sp³-hybridized carbons (Fsp3) is 0.500. The van der Waals surface area contributed by atoms with Crippen molar-refractivity contribution < 1.29 is 9.59 Å². The van der Waals surface area contributed by atoms with E-state index in [9.17, 15) is 9.59 Å².